The number of hydrogen-bond donors (Lipinski definition) is 2. The number of aliphatic imine (C=N–C) groups is 1. The van der Waals surface area contributed by atoms with Gasteiger partial charge in [0.25, 0.3) is 0 Å². The van der Waals surface area contributed by atoms with Gasteiger partial charge in [0.15, 0.2) is 5.96 Å². The fourth-order valence-corrected chi connectivity index (χ4v) is 3.18. The minimum absolute atomic E-state index is 0. The number of thioether (sulfide) groups is 1. The number of nitrogens with one attached hydrogen (secondary N) is 2. The van der Waals surface area contributed by atoms with Crippen LogP contribution >= 0.6 is 35.7 Å². The van der Waals surface area contributed by atoms with Gasteiger partial charge < -0.3 is 20.3 Å². The topological polar surface area (TPSA) is 48.9 Å². The van der Waals surface area contributed by atoms with E-state index in [1.54, 1.807) is 0 Å². The molecule has 1 saturated heterocycles. The van der Waals surface area contributed by atoms with E-state index in [1.165, 1.54) is 31.4 Å². The summed E-state index contributed by atoms with van der Waals surface area (Å²) in [5.41, 5.74) is 0. The summed E-state index contributed by atoms with van der Waals surface area (Å²) < 4.78 is 5.64. The molecule has 0 saturated carbocycles. The second-order valence-corrected chi connectivity index (χ2v) is 7.36. The highest BCUT2D eigenvalue weighted by molar-refractivity contribution is 14.0. The molecule has 0 unspecified atom stereocenters. The number of ether oxygens (including phenoxy) is 1. The van der Waals surface area contributed by atoms with Crippen molar-refractivity contribution in [3.63, 3.8) is 0 Å². The lowest BCUT2D eigenvalue weighted by atomic mass is 10.1. The highest BCUT2D eigenvalue weighted by Gasteiger charge is 2.19. The monoisotopic (exact) mass is 472 g/mol. The lowest BCUT2D eigenvalue weighted by Gasteiger charge is -2.33. The van der Waals surface area contributed by atoms with Gasteiger partial charge in [-0.25, -0.2) is 0 Å². The second kappa shape index (κ2) is 15.5. The minimum Gasteiger partial charge on any atom is -0.377 e. The summed E-state index contributed by atoms with van der Waals surface area (Å²) in [4.78, 5) is 6.84. The Morgan fingerprint density at radius 2 is 2.00 bits per heavy atom. The number of rotatable bonds is 10. The van der Waals surface area contributed by atoms with Crippen LogP contribution < -0.4 is 10.6 Å². The van der Waals surface area contributed by atoms with Gasteiger partial charge in [0.2, 0.25) is 0 Å². The predicted molar refractivity (Wildman–Crippen MR) is 118 cm³/mol. The molecule has 0 aromatic rings. The Kier molecular flexibility index (Phi) is 15.7. The van der Waals surface area contributed by atoms with Crippen molar-refractivity contribution in [3.8, 4) is 0 Å². The Morgan fingerprint density at radius 1 is 1.29 bits per heavy atom. The second-order valence-electron chi connectivity index (χ2n) is 6.38. The molecule has 0 aromatic heterocycles. The Hall–Kier alpha value is 0.270. The summed E-state index contributed by atoms with van der Waals surface area (Å²) in [6.45, 7) is 9.37. The highest BCUT2D eigenvalue weighted by Crippen LogP contribution is 2.10. The third kappa shape index (κ3) is 11.8. The molecule has 1 fully saturated rings. The van der Waals surface area contributed by atoms with Crippen LogP contribution in [-0.2, 0) is 4.74 Å². The van der Waals surface area contributed by atoms with Crippen LogP contribution in [0.1, 0.15) is 39.5 Å². The van der Waals surface area contributed by atoms with Crippen LogP contribution in [0.4, 0.5) is 0 Å². The number of guanidine groups is 1. The molecule has 0 atom stereocenters. The summed E-state index contributed by atoms with van der Waals surface area (Å²) >= 11 is 1.91. The molecule has 1 aliphatic heterocycles. The predicted octanol–water partition coefficient (Wildman–Crippen LogP) is 2.80. The maximum Gasteiger partial charge on any atom is 0.191 e. The zero-order valence-corrected chi connectivity index (χ0v) is 19.0. The Morgan fingerprint density at radius 3 is 2.58 bits per heavy atom. The fraction of sp³-hybridized carbons (Fsp3) is 0.941. The van der Waals surface area contributed by atoms with Gasteiger partial charge in [-0.1, -0.05) is 0 Å². The van der Waals surface area contributed by atoms with Gasteiger partial charge >= 0.3 is 0 Å². The molecule has 0 bridgehead atoms. The molecule has 0 spiro atoms. The first kappa shape index (κ1) is 24.3. The molecule has 0 aliphatic carbocycles. The summed E-state index contributed by atoms with van der Waals surface area (Å²) in [5, 5.41) is 7.00. The van der Waals surface area contributed by atoms with Gasteiger partial charge in [-0.05, 0) is 51.5 Å². The average molecular weight is 472 g/mol. The van der Waals surface area contributed by atoms with Crippen LogP contribution in [-0.4, -0.2) is 74.8 Å². The summed E-state index contributed by atoms with van der Waals surface area (Å²) in [7, 11) is 1.86. The first-order valence-electron chi connectivity index (χ1n) is 8.95. The van der Waals surface area contributed by atoms with Crippen LogP contribution in [0.25, 0.3) is 0 Å². The smallest absolute Gasteiger partial charge is 0.191 e. The fourth-order valence-electron chi connectivity index (χ4n) is 2.68. The van der Waals surface area contributed by atoms with E-state index < -0.39 is 0 Å². The Labute approximate surface area is 170 Å². The van der Waals surface area contributed by atoms with Crippen LogP contribution in [0.5, 0.6) is 0 Å². The van der Waals surface area contributed by atoms with Gasteiger partial charge in [-0.3, -0.25) is 4.99 Å². The molecule has 1 heterocycles. The van der Waals surface area contributed by atoms with E-state index >= 15 is 0 Å². The van der Waals surface area contributed by atoms with Crippen molar-refractivity contribution in [1.29, 1.82) is 0 Å². The molecular weight excluding hydrogens is 435 g/mol. The Bertz CT molecular complexity index is 324. The van der Waals surface area contributed by atoms with Crippen molar-refractivity contribution in [3.05, 3.63) is 0 Å². The van der Waals surface area contributed by atoms with Crippen LogP contribution in [0.3, 0.4) is 0 Å². The molecule has 2 N–H and O–H groups in total. The maximum atomic E-state index is 5.64. The lowest BCUT2D eigenvalue weighted by molar-refractivity contribution is 0.0532. The molecule has 7 heteroatoms. The summed E-state index contributed by atoms with van der Waals surface area (Å²) in [6.07, 6.45) is 7.32. The largest absolute Gasteiger partial charge is 0.377 e. The molecule has 144 valence electrons. The van der Waals surface area contributed by atoms with Crippen LogP contribution in [0, 0.1) is 0 Å². The van der Waals surface area contributed by atoms with Crippen LogP contribution in [0.15, 0.2) is 4.99 Å². The standard InChI is InChI=1S/C17H36N4OS.HI/c1-15(2)22-13-12-21-10-7-16(8-11-21)20-17(18-3)19-9-5-6-14-23-4;/h15-16H,5-14H2,1-4H3,(H2,18,19,20);1H. The molecular formula is C17H37IN4OS. The van der Waals surface area contributed by atoms with Crippen molar-refractivity contribution in [2.24, 2.45) is 4.99 Å². The Balaban J connectivity index is 0.00000529. The molecule has 5 nitrogen and oxygen atoms in total. The number of likely N-dealkylation sites (tertiary alicyclic amines) is 1. The van der Waals surface area contributed by atoms with Gasteiger partial charge in [-0.2, -0.15) is 11.8 Å². The lowest BCUT2D eigenvalue weighted by Crippen LogP contribution is -2.49. The normalized spacial score (nSPS) is 17.0. The third-order valence-electron chi connectivity index (χ3n) is 4.08. The first-order chi connectivity index (χ1) is 11.2. The summed E-state index contributed by atoms with van der Waals surface area (Å²) in [5.74, 6) is 2.20. The van der Waals surface area contributed by atoms with E-state index in [4.69, 9.17) is 4.74 Å². The van der Waals surface area contributed by atoms with Crippen LogP contribution in [0.2, 0.25) is 0 Å². The van der Waals surface area contributed by atoms with Crippen molar-refractivity contribution in [2.45, 2.75) is 51.7 Å². The van der Waals surface area contributed by atoms with Crippen molar-refractivity contribution < 1.29 is 4.74 Å². The van der Waals surface area contributed by atoms with Crippen molar-refractivity contribution in [1.82, 2.24) is 15.5 Å². The molecule has 24 heavy (non-hydrogen) atoms. The molecule has 0 aromatic carbocycles. The SMILES string of the molecule is CN=C(NCCCCSC)NC1CCN(CCOC(C)C)CC1.I. The molecule has 1 rings (SSSR count). The van der Waals surface area contributed by atoms with E-state index in [2.05, 4.69) is 40.6 Å². The quantitative estimate of drug-likeness (QED) is 0.222. The van der Waals surface area contributed by atoms with Gasteiger partial charge in [0.05, 0.1) is 12.7 Å². The third-order valence-corrected chi connectivity index (χ3v) is 4.78. The number of nitrogens with zero attached hydrogens (tertiary/aromatic N) is 2. The maximum absolute atomic E-state index is 5.64. The van der Waals surface area contributed by atoms with Crippen molar-refractivity contribution >= 4 is 41.7 Å². The average Bonchev–Trinajstić information content (AvgIpc) is 2.54. The van der Waals surface area contributed by atoms with Gasteiger partial charge in [-0.15, -0.1) is 24.0 Å². The van der Waals surface area contributed by atoms with E-state index in [9.17, 15) is 0 Å². The van der Waals surface area contributed by atoms with Crippen molar-refractivity contribution in [2.75, 3.05) is 51.8 Å². The number of halogens is 1. The van der Waals surface area contributed by atoms with E-state index in [1.807, 2.05) is 18.8 Å². The molecule has 1 aliphatic rings. The minimum atomic E-state index is 0. The summed E-state index contributed by atoms with van der Waals surface area (Å²) in [6, 6.07) is 0.537. The zero-order valence-electron chi connectivity index (χ0n) is 15.8. The number of unbranched alkanes of at least 4 members (excludes halogenated alkanes) is 1. The van der Waals surface area contributed by atoms with E-state index in [0.29, 0.717) is 12.1 Å². The van der Waals surface area contributed by atoms with E-state index in [-0.39, 0.29) is 24.0 Å². The zero-order chi connectivity index (χ0) is 16.9. The number of hydrogen-bond acceptors (Lipinski definition) is 4. The number of piperidine rings is 1. The highest BCUT2D eigenvalue weighted by atomic mass is 127. The van der Waals surface area contributed by atoms with E-state index in [0.717, 1.165) is 38.7 Å². The van der Waals surface area contributed by atoms with Gasteiger partial charge in [0.1, 0.15) is 0 Å². The molecule has 0 amide bonds. The first-order valence-corrected chi connectivity index (χ1v) is 10.3. The molecule has 0 radical (unpaired) electrons. The van der Waals surface area contributed by atoms with Gasteiger partial charge in [0, 0.05) is 39.3 Å².